The molecule has 1 amide bonds. The highest BCUT2D eigenvalue weighted by molar-refractivity contribution is 5.76. The molecular weight excluding hydrogens is 190 g/mol. The van der Waals surface area contributed by atoms with Crippen LogP contribution in [0.2, 0.25) is 0 Å². The lowest BCUT2D eigenvalue weighted by molar-refractivity contribution is -0.130. The molecule has 0 spiro atoms. The van der Waals surface area contributed by atoms with Crippen LogP contribution in [0.15, 0.2) is 0 Å². The minimum atomic E-state index is 0.205. The van der Waals surface area contributed by atoms with E-state index in [0.29, 0.717) is 19.0 Å². The number of hydrogen-bond donors (Lipinski definition) is 1. The molecule has 0 saturated carbocycles. The Bertz CT molecular complexity index is 183. The van der Waals surface area contributed by atoms with E-state index in [9.17, 15) is 4.79 Å². The second kappa shape index (κ2) is 7.65. The van der Waals surface area contributed by atoms with Gasteiger partial charge in [-0.3, -0.25) is 4.79 Å². The molecule has 0 aliphatic rings. The average Bonchev–Trinajstić information content (AvgIpc) is 2.21. The van der Waals surface area contributed by atoms with Crippen LogP contribution >= 0.6 is 0 Å². The molecule has 15 heavy (non-hydrogen) atoms. The topological polar surface area (TPSA) is 49.6 Å². The molecule has 4 nitrogen and oxygen atoms in total. The molecule has 0 aliphatic carbocycles. The van der Waals surface area contributed by atoms with Crippen LogP contribution in [-0.2, 0) is 4.79 Å². The fraction of sp³-hybridized carbons (Fsp3) is 0.909. The standard InChI is InChI=1S/C11H25N3O/c1-10(2)13(3)9-6-11(15)14(4)8-5-7-12/h10H,5-9,12H2,1-4H3. The van der Waals surface area contributed by atoms with Crippen molar-refractivity contribution in [3.05, 3.63) is 0 Å². The van der Waals surface area contributed by atoms with E-state index < -0.39 is 0 Å². The van der Waals surface area contributed by atoms with E-state index >= 15 is 0 Å². The van der Waals surface area contributed by atoms with Crippen LogP contribution < -0.4 is 5.73 Å². The van der Waals surface area contributed by atoms with Gasteiger partial charge in [-0.15, -0.1) is 0 Å². The van der Waals surface area contributed by atoms with Crippen molar-refractivity contribution < 1.29 is 4.79 Å². The first-order valence-electron chi connectivity index (χ1n) is 5.63. The fourth-order valence-corrected chi connectivity index (χ4v) is 1.17. The monoisotopic (exact) mass is 215 g/mol. The van der Waals surface area contributed by atoms with Gasteiger partial charge in [-0.05, 0) is 33.9 Å². The third kappa shape index (κ3) is 6.47. The Balaban J connectivity index is 3.73. The lowest BCUT2D eigenvalue weighted by atomic mass is 10.3. The summed E-state index contributed by atoms with van der Waals surface area (Å²) in [6, 6.07) is 0.493. The first-order valence-corrected chi connectivity index (χ1v) is 5.63. The van der Waals surface area contributed by atoms with Crippen molar-refractivity contribution in [2.75, 3.05) is 33.7 Å². The third-order valence-corrected chi connectivity index (χ3v) is 2.68. The summed E-state index contributed by atoms with van der Waals surface area (Å²) in [5.74, 6) is 0.205. The molecule has 0 aromatic heterocycles. The van der Waals surface area contributed by atoms with Gasteiger partial charge in [-0.25, -0.2) is 0 Å². The number of amides is 1. The maximum Gasteiger partial charge on any atom is 0.223 e. The molecule has 0 aliphatic heterocycles. The van der Waals surface area contributed by atoms with Crippen LogP contribution in [0.25, 0.3) is 0 Å². The van der Waals surface area contributed by atoms with Gasteiger partial charge >= 0.3 is 0 Å². The zero-order valence-corrected chi connectivity index (χ0v) is 10.5. The normalized spacial score (nSPS) is 11.1. The van der Waals surface area contributed by atoms with Crippen molar-refractivity contribution in [2.24, 2.45) is 5.73 Å². The summed E-state index contributed by atoms with van der Waals surface area (Å²) in [6.07, 6.45) is 1.47. The Morgan fingerprint density at radius 1 is 1.27 bits per heavy atom. The summed E-state index contributed by atoms with van der Waals surface area (Å²) in [7, 11) is 3.88. The van der Waals surface area contributed by atoms with Crippen LogP contribution in [-0.4, -0.2) is 55.5 Å². The molecule has 0 heterocycles. The molecule has 0 saturated heterocycles. The van der Waals surface area contributed by atoms with Crippen molar-refractivity contribution in [3.63, 3.8) is 0 Å². The van der Waals surface area contributed by atoms with Gasteiger partial charge in [-0.1, -0.05) is 0 Å². The van der Waals surface area contributed by atoms with E-state index in [0.717, 1.165) is 19.5 Å². The third-order valence-electron chi connectivity index (χ3n) is 2.68. The summed E-state index contributed by atoms with van der Waals surface area (Å²) in [6.45, 7) is 6.49. The Kier molecular flexibility index (Phi) is 7.34. The van der Waals surface area contributed by atoms with Gasteiger partial charge < -0.3 is 15.5 Å². The van der Waals surface area contributed by atoms with E-state index in [2.05, 4.69) is 18.7 Å². The summed E-state index contributed by atoms with van der Waals surface area (Å²) in [4.78, 5) is 15.6. The molecule has 0 bridgehead atoms. The smallest absolute Gasteiger partial charge is 0.223 e. The molecule has 0 aromatic carbocycles. The van der Waals surface area contributed by atoms with Gasteiger partial charge in [0.2, 0.25) is 5.91 Å². The summed E-state index contributed by atoms with van der Waals surface area (Å²) in [5.41, 5.74) is 5.39. The molecule has 90 valence electrons. The number of rotatable bonds is 7. The Morgan fingerprint density at radius 3 is 2.33 bits per heavy atom. The summed E-state index contributed by atoms with van der Waals surface area (Å²) in [5, 5.41) is 0. The average molecular weight is 215 g/mol. The van der Waals surface area contributed by atoms with Crippen LogP contribution in [0.5, 0.6) is 0 Å². The van der Waals surface area contributed by atoms with Gasteiger partial charge in [0.05, 0.1) is 0 Å². The number of hydrogen-bond acceptors (Lipinski definition) is 3. The molecule has 0 aromatic rings. The predicted molar refractivity (Wildman–Crippen MR) is 63.7 cm³/mol. The molecule has 0 fully saturated rings. The summed E-state index contributed by atoms with van der Waals surface area (Å²) < 4.78 is 0. The number of nitrogens with two attached hydrogens (primary N) is 1. The molecule has 2 N–H and O–H groups in total. The Hall–Kier alpha value is -0.610. The van der Waals surface area contributed by atoms with Gasteiger partial charge in [0.15, 0.2) is 0 Å². The zero-order chi connectivity index (χ0) is 11.8. The van der Waals surface area contributed by atoms with Crippen LogP contribution in [0.1, 0.15) is 26.7 Å². The molecule has 0 radical (unpaired) electrons. The second-order valence-corrected chi connectivity index (χ2v) is 4.28. The second-order valence-electron chi connectivity index (χ2n) is 4.28. The highest BCUT2D eigenvalue weighted by Crippen LogP contribution is 1.98. The Labute approximate surface area is 93.4 Å². The minimum Gasteiger partial charge on any atom is -0.346 e. The minimum absolute atomic E-state index is 0.205. The molecule has 0 rings (SSSR count). The lowest BCUT2D eigenvalue weighted by Crippen LogP contribution is -2.34. The van der Waals surface area contributed by atoms with E-state index in [1.54, 1.807) is 4.90 Å². The predicted octanol–water partition coefficient (Wildman–Crippen LogP) is 0.524. The van der Waals surface area contributed by atoms with Gasteiger partial charge in [-0.2, -0.15) is 0 Å². The van der Waals surface area contributed by atoms with E-state index in [4.69, 9.17) is 5.73 Å². The van der Waals surface area contributed by atoms with Crippen LogP contribution in [0.4, 0.5) is 0 Å². The highest BCUT2D eigenvalue weighted by atomic mass is 16.2. The van der Waals surface area contributed by atoms with Gasteiger partial charge in [0, 0.05) is 32.6 Å². The SMILES string of the molecule is CC(C)N(C)CCC(=O)N(C)CCCN. The lowest BCUT2D eigenvalue weighted by Gasteiger charge is -2.22. The fourth-order valence-electron chi connectivity index (χ4n) is 1.17. The number of carbonyl (C=O) groups is 1. The quantitative estimate of drug-likeness (QED) is 0.674. The van der Waals surface area contributed by atoms with Gasteiger partial charge in [0.1, 0.15) is 0 Å². The van der Waals surface area contributed by atoms with Crippen LogP contribution in [0, 0.1) is 0 Å². The van der Waals surface area contributed by atoms with Crippen molar-refractivity contribution in [2.45, 2.75) is 32.7 Å². The highest BCUT2D eigenvalue weighted by Gasteiger charge is 2.10. The van der Waals surface area contributed by atoms with Crippen molar-refractivity contribution in [1.82, 2.24) is 9.80 Å². The number of nitrogens with zero attached hydrogens (tertiary/aromatic N) is 2. The Morgan fingerprint density at radius 2 is 1.87 bits per heavy atom. The maximum atomic E-state index is 11.6. The zero-order valence-electron chi connectivity index (χ0n) is 10.5. The first kappa shape index (κ1) is 14.4. The molecule has 4 heteroatoms. The summed E-state index contributed by atoms with van der Waals surface area (Å²) >= 11 is 0. The van der Waals surface area contributed by atoms with Crippen molar-refractivity contribution in [3.8, 4) is 0 Å². The van der Waals surface area contributed by atoms with Gasteiger partial charge in [0.25, 0.3) is 0 Å². The maximum absolute atomic E-state index is 11.6. The van der Waals surface area contributed by atoms with Crippen molar-refractivity contribution >= 4 is 5.91 Å². The van der Waals surface area contributed by atoms with Crippen molar-refractivity contribution in [1.29, 1.82) is 0 Å². The van der Waals surface area contributed by atoms with E-state index in [1.807, 2.05) is 14.1 Å². The largest absolute Gasteiger partial charge is 0.346 e. The molecule has 0 atom stereocenters. The number of carbonyl (C=O) groups excluding carboxylic acids is 1. The molecule has 0 unspecified atom stereocenters. The van der Waals surface area contributed by atoms with Crippen LogP contribution in [0.3, 0.4) is 0 Å². The molecular formula is C11H25N3O. The van der Waals surface area contributed by atoms with E-state index in [-0.39, 0.29) is 5.91 Å². The first-order chi connectivity index (χ1) is 6.99. The van der Waals surface area contributed by atoms with E-state index in [1.165, 1.54) is 0 Å².